The molecule has 5 nitrogen and oxygen atoms in total. The second-order valence-corrected chi connectivity index (χ2v) is 6.32. The molecule has 3 aromatic rings. The van der Waals surface area contributed by atoms with E-state index in [2.05, 4.69) is 34.5 Å². The minimum Gasteiger partial charge on any atom is -0.352 e. The normalized spacial score (nSPS) is 10.7. The summed E-state index contributed by atoms with van der Waals surface area (Å²) in [6.07, 6.45) is 2.53. The number of rotatable bonds is 8. The van der Waals surface area contributed by atoms with Gasteiger partial charge in [-0.25, -0.2) is 4.39 Å². The van der Waals surface area contributed by atoms with Crippen LogP contribution in [0.25, 0.3) is 11.4 Å². The van der Waals surface area contributed by atoms with Crippen LogP contribution >= 0.6 is 0 Å². The first kappa shape index (κ1) is 18.8. The molecule has 0 saturated carbocycles. The number of hydrogen-bond donors (Lipinski definition) is 1. The summed E-state index contributed by atoms with van der Waals surface area (Å²) in [5, 5.41) is 6.81. The van der Waals surface area contributed by atoms with Crippen LogP contribution in [-0.2, 0) is 24.2 Å². The van der Waals surface area contributed by atoms with Gasteiger partial charge < -0.3 is 9.84 Å². The number of halogens is 1. The van der Waals surface area contributed by atoms with Crippen molar-refractivity contribution in [2.24, 2.45) is 0 Å². The Hall–Kier alpha value is -3.02. The zero-order valence-electron chi connectivity index (χ0n) is 15.2. The Morgan fingerprint density at radius 3 is 2.48 bits per heavy atom. The van der Waals surface area contributed by atoms with E-state index in [-0.39, 0.29) is 11.7 Å². The average Bonchev–Trinajstić information content (AvgIpc) is 3.16. The fourth-order valence-corrected chi connectivity index (χ4v) is 2.65. The van der Waals surface area contributed by atoms with Gasteiger partial charge in [0.05, 0.1) is 0 Å². The van der Waals surface area contributed by atoms with Gasteiger partial charge in [-0.15, -0.1) is 0 Å². The maximum atomic E-state index is 13.0. The SMILES string of the molecule is CCc1ccc(CNC(=O)CCCc2nc(-c3ccc(F)cc3)no2)cc1. The second kappa shape index (κ2) is 9.07. The van der Waals surface area contributed by atoms with Gasteiger partial charge in [-0.3, -0.25) is 4.79 Å². The topological polar surface area (TPSA) is 68.0 Å². The lowest BCUT2D eigenvalue weighted by Gasteiger charge is -2.05. The number of benzene rings is 2. The molecule has 0 fully saturated rings. The van der Waals surface area contributed by atoms with E-state index in [1.54, 1.807) is 12.1 Å². The standard InChI is InChI=1S/C21H22FN3O2/c1-2-15-6-8-16(9-7-15)14-23-19(26)4-3-5-20-24-21(25-27-20)17-10-12-18(22)13-11-17/h6-13H,2-5,14H2,1H3,(H,23,26). The first-order chi connectivity index (χ1) is 13.1. The van der Waals surface area contributed by atoms with Crippen molar-refractivity contribution >= 4 is 5.91 Å². The van der Waals surface area contributed by atoms with Gasteiger partial charge in [0.1, 0.15) is 5.82 Å². The Bertz CT molecular complexity index is 873. The van der Waals surface area contributed by atoms with Crippen molar-refractivity contribution in [3.05, 3.63) is 71.4 Å². The first-order valence-electron chi connectivity index (χ1n) is 9.07. The van der Waals surface area contributed by atoms with Crippen LogP contribution in [0, 0.1) is 5.82 Å². The van der Waals surface area contributed by atoms with Crippen LogP contribution in [0.15, 0.2) is 53.1 Å². The number of carbonyl (C=O) groups excluding carboxylic acids is 1. The first-order valence-corrected chi connectivity index (χ1v) is 9.07. The second-order valence-electron chi connectivity index (χ2n) is 6.32. The molecule has 0 radical (unpaired) electrons. The molecule has 0 saturated heterocycles. The molecule has 1 N–H and O–H groups in total. The molecular formula is C21H22FN3O2. The predicted octanol–water partition coefficient (Wildman–Crippen LogP) is 4.08. The van der Waals surface area contributed by atoms with Gasteiger partial charge in [0, 0.05) is 24.9 Å². The van der Waals surface area contributed by atoms with E-state index in [0.717, 1.165) is 12.0 Å². The van der Waals surface area contributed by atoms with Crippen molar-refractivity contribution in [1.82, 2.24) is 15.5 Å². The Balaban J connectivity index is 1.41. The quantitative estimate of drug-likeness (QED) is 0.651. The lowest BCUT2D eigenvalue weighted by Crippen LogP contribution is -2.22. The molecule has 1 heterocycles. The fourth-order valence-electron chi connectivity index (χ4n) is 2.65. The van der Waals surface area contributed by atoms with Gasteiger partial charge in [0.25, 0.3) is 0 Å². The number of nitrogens with zero attached hydrogens (tertiary/aromatic N) is 2. The van der Waals surface area contributed by atoms with E-state index < -0.39 is 0 Å². The van der Waals surface area contributed by atoms with Crippen LogP contribution in [0.1, 0.15) is 36.8 Å². The molecule has 27 heavy (non-hydrogen) atoms. The largest absolute Gasteiger partial charge is 0.352 e. The number of hydrogen-bond acceptors (Lipinski definition) is 4. The lowest BCUT2D eigenvalue weighted by atomic mass is 10.1. The zero-order chi connectivity index (χ0) is 19.1. The number of nitrogens with one attached hydrogen (secondary N) is 1. The molecule has 0 aliphatic carbocycles. The molecule has 1 aromatic heterocycles. The Labute approximate surface area is 157 Å². The lowest BCUT2D eigenvalue weighted by molar-refractivity contribution is -0.121. The summed E-state index contributed by atoms with van der Waals surface area (Å²) in [5.41, 5.74) is 3.06. The molecule has 0 aliphatic heterocycles. The van der Waals surface area contributed by atoms with Gasteiger partial charge >= 0.3 is 0 Å². The molecule has 1 amide bonds. The van der Waals surface area contributed by atoms with E-state index in [1.807, 2.05) is 12.1 Å². The predicted molar refractivity (Wildman–Crippen MR) is 100 cm³/mol. The molecule has 0 unspecified atom stereocenters. The Morgan fingerprint density at radius 2 is 1.78 bits per heavy atom. The van der Waals surface area contributed by atoms with E-state index in [9.17, 15) is 9.18 Å². The third-order valence-electron chi connectivity index (χ3n) is 4.29. The third kappa shape index (κ3) is 5.48. The summed E-state index contributed by atoms with van der Waals surface area (Å²) in [5.74, 6) is 0.574. The number of amides is 1. The molecular weight excluding hydrogens is 345 g/mol. The van der Waals surface area contributed by atoms with Crippen LogP contribution in [-0.4, -0.2) is 16.0 Å². The molecule has 6 heteroatoms. The maximum absolute atomic E-state index is 13.0. The molecule has 140 valence electrons. The van der Waals surface area contributed by atoms with Crippen LogP contribution in [0.2, 0.25) is 0 Å². The molecule has 0 bridgehead atoms. The average molecular weight is 367 g/mol. The highest BCUT2D eigenvalue weighted by atomic mass is 19.1. The Kier molecular flexibility index (Phi) is 6.30. The minimum atomic E-state index is -0.310. The molecule has 2 aromatic carbocycles. The maximum Gasteiger partial charge on any atom is 0.226 e. The summed E-state index contributed by atoms with van der Waals surface area (Å²) in [4.78, 5) is 16.3. The summed E-state index contributed by atoms with van der Waals surface area (Å²) in [6.45, 7) is 2.64. The smallest absolute Gasteiger partial charge is 0.226 e. The summed E-state index contributed by atoms with van der Waals surface area (Å²) < 4.78 is 18.1. The van der Waals surface area contributed by atoms with Crippen molar-refractivity contribution in [3.63, 3.8) is 0 Å². The van der Waals surface area contributed by atoms with Gasteiger partial charge in [-0.05, 0) is 48.2 Å². The van der Waals surface area contributed by atoms with Crippen molar-refractivity contribution < 1.29 is 13.7 Å². The summed E-state index contributed by atoms with van der Waals surface area (Å²) in [6, 6.07) is 14.1. The van der Waals surface area contributed by atoms with Crippen LogP contribution in [0.5, 0.6) is 0 Å². The highest BCUT2D eigenvalue weighted by Gasteiger charge is 2.10. The van der Waals surface area contributed by atoms with E-state index in [0.29, 0.717) is 43.1 Å². The van der Waals surface area contributed by atoms with Gasteiger partial charge in [-0.2, -0.15) is 4.98 Å². The van der Waals surface area contributed by atoms with E-state index in [1.165, 1.54) is 17.7 Å². The monoisotopic (exact) mass is 367 g/mol. The number of carbonyl (C=O) groups is 1. The molecule has 3 rings (SSSR count). The third-order valence-corrected chi connectivity index (χ3v) is 4.29. The highest BCUT2D eigenvalue weighted by molar-refractivity contribution is 5.75. The van der Waals surface area contributed by atoms with Gasteiger partial charge in [0.2, 0.25) is 17.6 Å². The Morgan fingerprint density at radius 1 is 1.07 bits per heavy atom. The van der Waals surface area contributed by atoms with Crippen molar-refractivity contribution in [2.45, 2.75) is 39.2 Å². The van der Waals surface area contributed by atoms with E-state index in [4.69, 9.17) is 4.52 Å². The van der Waals surface area contributed by atoms with Crippen molar-refractivity contribution in [3.8, 4) is 11.4 Å². The van der Waals surface area contributed by atoms with Crippen molar-refractivity contribution in [2.75, 3.05) is 0 Å². The minimum absolute atomic E-state index is 0.00663. The van der Waals surface area contributed by atoms with Gasteiger partial charge in [0.15, 0.2) is 0 Å². The molecule has 0 atom stereocenters. The van der Waals surface area contributed by atoms with Crippen LogP contribution < -0.4 is 5.32 Å². The van der Waals surface area contributed by atoms with Gasteiger partial charge in [-0.1, -0.05) is 36.3 Å². The summed E-state index contributed by atoms with van der Waals surface area (Å²) in [7, 11) is 0. The molecule has 0 aliphatic rings. The number of aryl methyl sites for hydroxylation is 2. The van der Waals surface area contributed by atoms with Crippen LogP contribution in [0.3, 0.4) is 0 Å². The van der Waals surface area contributed by atoms with Crippen molar-refractivity contribution in [1.29, 1.82) is 0 Å². The summed E-state index contributed by atoms with van der Waals surface area (Å²) >= 11 is 0. The van der Waals surface area contributed by atoms with Crippen LogP contribution in [0.4, 0.5) is 4.39 Å². The molecule has 0 spiro atoms. The zero-order valence-corrected chi connectivity index (χ0v) is 15.2. The van der Waals surface area contributed by atoms with E-state index >= 15 is 0 Å². The number of aromatic nitrogens is 2. The fraction of sp³-hybridized carbons (Fsp3) is 0.286. The highest BCUT2D eigenvalue weighted by Crippen LogP contribution is 2.16.